The van der Waals surface area contributed by atoms with Crippen LogP contribution in [0.1, 0.15) is 22.5 Å². The highest BCUT2D eigenvalue weighted by Gasteiger charge is 2.23. The summed E-state index contributed by atoms with van der Waals surface area (Å²) in [5.41, 5.74) is 6.85. The number of carbonyl (C=O) groups excluding carboxylic acids is 1. The van der Waals surface area contributed by atoms with Gasteiger partial charge in [0.25, 0.3) is 5.91 Å². The van der Waals surface area contributed by atoms with Crippen molar-refractivity contribution >= 4 is 29.7 Å². The lowest BCUT2D eigenvalue weighted by molar-refractivity contribution is 0.0714. The number of amides is 1. The third-order valence-electron chi connectivity index (χ3n) is 3.69. The van der Waals surface area contributed by atoms with Crippen molar-refractivity contribution in [1.29, 1.82) is 0 Å². The van der Waals surface area contributed by atoms with Crippen molar-refractivity contribution < 1.29 is 9.18 Å². The SMILES string of the molecule is Cl.NC1CCCN(C(=O)c2ccc(-c3ccc(F)cc3)s2)C1. The van der Waals surface area contributed by atoms with E-state index in [1.165, 1.54) is 23.5 Å². The first-order valence-electron chi connectivity index (χ1n) is 7.04. The van der Waals surface area contributed by atoms with Gasteiger partial charge in [0.1, 0.15) is 5.82 Å². The molecule has 1 atom stereocenters. The highest BCUT2D eigenvalue weighted by atomic mass is 35.5. The summed E-state index contributed by atoms with van der Waals surface area (Å²) in [6, 6.07) is 10.2. The first-order chi connectivity index (χ1) is 10.1. The molecule has 3 nitrogen and oxygen atoms in total. The molecular weight excluding hydrogens is 323 g/mol. The van der Waals surface area contributed by atoms with Crippen LogP contribution in [0.5, 0.6) is 0 Å². The molecule has 2 N–H and O–H groups in total. The number of halogens is 2. The monoisotopic (exact) mass is 340 g/mol. The van der Waals surface area contributed by atoms with E-state index in [1.807, 2.05) is 17.0 Å². The molecule has 1 aromatic carbocycles. The zero-order valence-corrected chi connectivity index (χ0v) is 13.6. The number of benzene rings is 1. The van der Waals surface area contributed by atoms with Crippen molar-refractivity contribution in [3.05, 3.63) is 47.1 Å². The predicted molar refractivity (Wildman–Crippen MR) is 90.1 cm³/mol. The minimum atomic E-state index is -0.256. The fourth-order valence-electron chi connectivity index (χ4n) is 2.57. The summed E-state index contributed by atoms with van der Waals surface area (Å²) < 4.78 is 12.9. The number of piperidine rings is 1. The van der Waals surface area contributed by atoms with Crippen LogP contribution in [0.4, 0.5) is 4.39 Å². The molecule has 2 heterocycles. The second-order valence-corrected chi connectivity index (χ2v) is 6.41. The van der Waals surface area contributed by atoms with E-state index in [0.717, 1.165) is 29.8 Å². The number of nitrogens with two attached hydrogens (primary N) is 1. The van der Waals surface area contributed by atoms with Gasteiger partial charge in [-0.15, -0.1) is 23.7 Å². The normalized spacial score (nSPS) is 17.9. The van der Waals surface area contributed by atoms with Crippen LogP contribution in [0.15, 0.2) is 36.4 Å². The standard InChI is InChI=1S/C16H17FN2OS.ClH/c17-12-5-3-11(4-6-12)14-7-8-15(21-14)16(20)19-9-1-2-13(18)10-19;/h3-8,13H,1-2,9-10,18H2;1H. The lowest BCUT2D eigenvalue weighted by Crippen LogP contribution is -2.45. The molecule has 1 saturated heterocycles. The van der Waals surface area contributed by atoms with Crippen molar-refractivity contribution in [3.8, 4) is 10.4 Å². The summed E-state index contributed by atoms with van der Waals surface area (Å²) in [4.78, 5) is 16.0. The molecule has 1 unspecified atom stereocenters. The van der Waals surface area contributed by atoms with Gasteiger partial charge in [0, 0.05) is 24.0 Å². The van der Waals surface area contributed by atoms with E-state index in [1.54, 1.807) is 12.1 Å². The Bertz CT molecular complexity index is 644. The van der Waals surface area contributed by atoms with E-state index >= 15 is 0 Å². The van der Waals surface area contributed by atoms with Crippen molar-refractivity contribution in [1.82, 2.24) is 4.90 Å². The van der Waals surface area contributed by atoms with Crippen LogP contribution in [0.3, 0.4) is 0 Å². The van der Waals surface area contributed by atoms with Gasteiger partial charge in [0.05, 0.1) is 4.88 Å². The molecule has 1 fully saturated rings. The molecule has 0 saturated carbocycles. The summed E-state index contributed by atoms with van der Waals surface area (Å²) in [5.74, 6) is -0.211. The molecule has 1 aromatic heterocycles. The number of carbonyl (C=O) groups is 1. The van der Waals surface area contributed by atoms with Crippen molar-refractivity contribution in [3.63, 3.8) is 0 Å². The van der Waals surface area contributed by atoms with Crippen LogP contribution < -0.4 is 5.73 Å². The second kappa shape index (κ2) is 7.22. The van der Waals surface area contributed by atoms with Crippen LogP contribution in [0.2, 0.25) is 0 Å². The molecule has 118 valence electrons. The fraction of sp³-hybridized carbons (Fsp3) is 0.312. The smallest absolute Gasteiger partial charge is 0.263 e. The van der Waals surface area contributed by atoms with E-state index in [0.29, 0.717) is 11.4 Å². The van der Waals surface area contributed by atoms with Crippen LogP contribution >= 0.6 is 23.7 Å². The van der Waals surface area contributed by atoms with Gasteiger partial charge in [0.15, 0.2) is 0 Å². The number of hydrogen-bond acceptors (Lipinski definition) is 3. The molecule has 1 aliphatic rings. The predicted octanol–water partition coefficient (Wildman–Crippen LogP) is 3.54. The van der Waals surface area contributed by atoms with Crippen LogP contribution in [0.25, 0.3) is 10.4 Å². The Morgan fingerprint density at radius 2 is 1.95 bits per heavy atom. The van der Waals surface area contributed by atoms with Crippen LogP contribution in [0, 0.1) is 5.82 Å². The molecule has 0 radical (unpaired) electrons. The van der Waals surface area contributed by atoms with Gasteiger partial charge in [-0.3, -0.25) is 4.79 Å². The maximum absolute atomic E-state index is 12.9. The molecular formula is C16H18ClFN2OS. The van der Waals surface area contributed by atoms with Crippen LogP contribution in [-0.2, 0) is 0 Å². The average molecular weight is 341 g/mol. The minimum absolute atomic E-state index is 0. The average Bonchev–Trinajstić information content (AvgIpc) is 2.97. The minimum Gasteiger partial charge on any atom is -0.336 e. The first-order valence-corrected chi connectivity index (χ1v) is 7.86. The number of thiophene rings is 1. The Labute approximate surface area is 139 Å². The van der Waals surface area contributed by atoms with E-state index in [9.17, 15) is 9.18 Å². The summed E-state index contributed by atoms with van der Waals surface area (Å²) in [6.07, 6.45) is 1.94. The topological polar surface area (TPSA) is 46.3 Å². The molecule has 0 spiro atoms. The Balaban J connectivity index is 0.00000176. The molecule has 2 aromatic rings. The Kier molecular flexibility index (Phi) is 5.56. The summed E-state index contributed by atoms with van der Waals surface area (Å²) in [7, 11) is 0. The van der Waals surface area contributed by atoms with E-state index in [2.05, 4.69) is 0 Å². The van der Waals surface area contributed by atoms with Gasteiger partial charge in [-0.05, 0) is 42.7 Å². The quantitative estimate of drug-likeness (QED) is 0.909. The molecule has 22 heavy (non-hydrogen) atoms. The lowest BCUT2D eigenvalue weighted by atomic mass is 10.1. The zero-order valence-electron chi connectivity index (χ0n) is 12.0. The molecule has 0 aliphatic carbocycles. The lowest BCUT2D eigenvalue weighted by Gasteiger charge is -2.30. The van der Waals surface area contributed by atoms with Gasteiger partial charge < -0.3 is 10.6 Å². The van der Waals surface area contributed by atoms with Crippen molar-refractivity contribution in [2.24, 2.45) is 5.73 Å². The maximum Gasteiger partial charge on any atom is 0.263 e. The van der Waals surface area contributed by atoms with Crippen LogP contribution in [-0.4, -0.2) is 29.9 Å². The Morgan fingerprint density at radius 1 is 1.23 bits per heavy atom. The van der Waals surface area contributed by atoms with E-state index in [-0.39, 0.29) is 30.2 Å². The number of rotatable bonds is 2. The fourth-order valence-corrected chi connectivity index (χ4v) is 3.55. The molecule has 6 heteroatoms. The first kappa shape index (κ1) is 16.9. The summed E-state index contributed by atoms with van der Waals surface area (Å²) in [5, 5.41) is 0. The largest absolute Gasteiger partial charge is 0.336 e. The van der Waals surface area contributed by atoms with Crippen molar-refractivity contribution in [2.45, 2.75) is 18.9 Å². The number of hydrogen-bond donors (Lipinski definition) is 1. The highest BCUT2D eigenvalue weighted by Crippen LogP contribution is 2.29. The molecule has 1 amide bonds. The van der Waals surface area contributed by atoms with Gasteiger partial charge in [-0.2, -0.15) is 0 Å². The van der Waals surface area contributed by atoms with E-state index < -0.39 is 0 Å². The molecule has 3 rings (SSSR count). The van der Waals surface area contributed by atoms with Crippen molar-refractivity contribution in [2.75, 3.05) is 13.1 Å². The number of likely N-dealkylation sites (tertiary alicyclic amines) is 1. The zero-order chi connectivity index (χ0) is 14.8. The molecule has 1 aliphatic heterocycles. The second-order valence-electron chi connectivity index (χ2n) is 5.32. The number of nitrogens with zero attached hydrogens (tertiary/aromatic N) is 1. The van der Waals surface area contributed by atoms with Gasteiger partial charge in [0.2, 0.25) is 0 Å². The summed E-state index contributed by atoms with van der Waals surface area (Å²) in [6.45, 7) is 1.40. The Hall–Kier alpha value is -1.43. The molecule has 0 bridgehead atoms. The summed E-state index contributed by atoms with van der Waals surface area (Å²) >= 11 is 1.44. The Morgan fingerprint density at radius 3 is 2.64 bits per heavy atom. The maximum atomic E-state index is 12.9. The van der Waals surface area contributed by atoms with Gasteiger partial charge in [-0.1, -0.05) is 12.1 Å². The van der Waals surface area contributed by atoms with Gasteiger partial charge >= 0.3 is 0 Å². The third kappa shape index (κ3) is 3.66. The van der Waals surface area contributed by atoms with E-state index in [4.69, 9.17) is 5.73 Å². The highest BCUT2D eigenvalue weighted by molar-refractivity contribution is 7.17. The third-order valence-corrected chi connectivity index (χ3v) is 4.81. The van der Waals surface area contributed by atoms with Gasteiger partial charge in [-0.25, -0.2) is 4.39 Å².